The number of hydrogen-bond donors (Lipinski definition) is 1. The van der Waals surface area contributed by atoms with E-state index in [0.717, 1.165) is 10.6 Å². The van der Waals surface area contributed by atoms with E-state index in [4.69, 9.17) is 4.74 Å². The van der Waals surface area contributed by atoms with Crippen molar-refractivity contribution >= 4 is 28.5 Å². The zero-order valence-electron chi connectivity index (χ0n) is 14.8. The summed E-state index contributed by atoms with van der Waals surface area (Å²) in [5.41, 5.74) is 0.320. The molecule has 0 radical (unpaired) electrons. The predicted octanol–water partition coefficient (Wildman–Crippen LogP) is 1.73. The van der Waals surface area contributed by atoms with Crippen LogP contribution in [0.4, 0.5) is 10.1 Å². The molecule has 3 aromatic rings. The number of anilines is 1. The molecule has 0 bridgehead atoms. The lowest BCUT2D eigenvalue weighted by Crippen LogP contribution is -2.28. The van der Waals surface area contributed by atoms with Gasteiger partial charge in [-0.2, -0.15) is 0 Å². The topological polar surface area (TPSA) is 99.5 Å². The molecular formula is C19H16FN3O5. The van der Waals surface area contributed by atoms with E-state index in [0.29, 0.717) is 17.0 Å². The Morgan fingerprint density at radius 1 is 1.18 bits per heavy atom. The molecule has 8 nitrogen and oxygen atoms in total. The molecule has 0 saturated carbocycles. The van der Waals surface area contributed by atoms with Gasteiger partial charge in [-0.05, 0) is 42.5 Å². The first-order chi connectivity index (χ1) is 13.5. The molecule has 0 aliphatic carbocycles. The number of benzene rings is 2. The van der Waals surface area contributed by atoms with E-state index in [2.05, 4.69) is 15.0 Å². The first-order valence-corrected chi connectivity index (χ1v) is 8.20. The summed E-state index contributed by atoms with van der Waals surface area (Å²) >= 11 is 0. The number of fused-ring (bicyclic) bond motifs is 1. The fourth-order valence-electron chi connectivity index (χ4n) is 2.43. The van der Waals surface area contributed by atoms with Crippen LogP contribution in [-0.4, -0.2) is 35.1 Å². The first kappa shape index (κ1) is 19.0. The third-order valence-electron chi connectivity index (χ3n) is 3.82. The highest BCUT2D eigenvalue weighted by Gasteiger charge is 2.10. The van der Waals surface area contributed by atoms with Gasteiger partial charge >= 0.3 is 5.97 Å². The van der Waals surface area contributed by atoms with Crippen molar-refractivity contribution in [3.8, 4) is 5.75 Å². The van der Waals surface area contributed by atoms with Gasteiger partial charge in [-0.1, -0.05) is 0 Å². The quantitative estimate of drug-likeness (QED) is 0.649. The van der Waals surface area contributed by atoms with E-state index in [9.17, 15) is 18.8 Å². The zero-order chi connectivity index (χ0) is 20.1. The van der Waals surface area contributed by atoms with Crippen LogP contribution in [0, 0.1) is 5.82 Å². The highest BCUT2D eigenvalue weighted by molar-refractivity contribution is 5.90. The van der Waals surface area contributed by atoms with Gasteiger partial charge in [0.05, 0.1) is 24.3 Å². The maximum absolute atomic E-state index is 13.4. The molecule has 28 heavy (non-hydrogen) atoms. The number of carbonyl (C=O) groups is 2. The van der Waals surface area contributed by atoms with Crippen molar-refractivity contribution in [2.45, 2.75) is 6.54 Å². The second-order valence-electron chi connectivity index (χ2n) is 5.78. The van der Waals surface area contributed by atoms with Crippen LogP contribution in [0.3, 0.4) is 0 Å². The van der Waals surface area contributed by atoms with Gasteiger partial charge in [-0.3, -0.25) is 14.2 Å². The highest BCUT2D eigenvalue weighted by atomic mass is 19.1. The predicted molar refractivity (Wildman–Crippen MR) is 98.5 cm³/mol. The molecule has 9 heteroatoms. The Kier molecular flexibility index (Phi) is 5.64. The van der Waals surface area contributed by atoms with Gasteiger partial charge in [0.2, 0.25) is 5.91 Å². The Morgan fingerprint density at radius 2 is 1.93 bits per heavy atom. The average molecular weight is 385 g/mol. The van der Waals surface area contributed by atoms with E-state index in [1.807, 2.05) is 0 Å². The monoisotopic (exact) mass is 385 g/mol. The summed E-state index contributed by atoms with van der Waals surface area (Å²) in [6.45, 7) is -0.500. The summed E-state index contributed by atoms with van der Waals surface area (Å²) in [5, 5.41) is 2.73. The van der Waals surface area contributed by atoms with Crippen molar-refractivity contribution in [1.82, 2.24) is 9.55 Å². The Labute approximate surface area is 158 Å². The molecule has 0 spiro atoms. The number of hydrogen-bond acceptors (Lipinski definition) is 6. The van der Waals surface area contributed by atoms with E-state index in [1.165, 1.54) is 25.6 Å². The van der Waals surface area contributed by atoms with Gasteiger partial charge in [-0.15, -0.1) is 0 Å². The average Bonchev–Trinajstić information content (AvgIpc) is 2.69. The van der Waals surface area contributed by atoms with Crippen LogP contribution in [0.1, 0.15) is 0 Å². The molecule has 0 unspecified atom stereocenters. The molecule has 0 atom stereocenters. The summed E-state index contributed by atoms with van der Waals surface area (Å²) in [6.07, 6.45) is 1.24. The minimum Gasteiger partial charge on any atom is -0.482 e. The largest absolute Gasteiger partial charge is 0.482 e. The number of amides is 1. The lowest BCUT2D eigenvalue weighted by molar-refractivity contribution is -0.142. The minimum atomic E-state index is -0.553. The third kappa shape index (κ3) is 4.50. The number of nitrogens with one attached hydrogen (secondary N) is 1. The molecule has 0 aliphatic heterocycles. The molecule has 0 aliphatic rings. The van der Waals surface area contributed by atoms with Crippen molar-refractivity contribution in [2.24, 2.45) is 0 Å². The highest BCUT2D eigenvalue weighted by Crippen LogP contribution is 2.16. The van der Waals surface area contributed by atoms with E-state index >= 15 is 0 Å². The summed E-state index contributed by atoms with van der Waals surface area (Å²) in [4.78, 5) is 39.7. The maximum Gasteiger partial charge on any atom is 0.343 e. The SMILES string of the molecule is COC(=O)COc1ccc(NC(=O)Cn2cnc3ccc(F)cc3c2=O)cc1. The second kappa shape index (κ2) is 8.30. The lowest BCUT2D eigenvalue weighted by atomic mass is 10.2. The van der Waals surface area contributed by atoms with Crippen LogP contribution in [-0.2, 0) is 20.9 Å². The van der Waals surface area contributed by atoms with Gasteiger partial charge in [0.15, 0.2) is 6.61 Å². The van der Waals surface area contributed by atoms with E-state index in [1.54, 1.807) is 24.3 Å². The molecule has 1 N–H and O–H groups in total. The molecule has 2 aromatic carbocycles. The standard InChI is InChI=1S/C19H16FN3O5/c1-27-18(25)10-28-14-5-3-13(4-6-14)22-17(24)9-23-11-21-16-7-2-12(20)8-15(16)19(23)26/h2-8,11H,9-10H2,1H3,(H,22,24). The van der Waals surface area contributed by atoms with Crippen molar-refractivity contribution in [2.75, 3.05) is 19.0 Å². The Bertz CT molecular complexity index is 1080. The van der Waals surface area contributed by atoms with Gasteiger partial charge in [0, 0.05) is 5.69 Å². The number of methoxy groups -OCH3 is 1. The minimum absolute atomic E-state index is 0.0995. The van der Waals surface area contributed by atoms with E-state index < -0.39 is 23.3 Å². The smallest absolute Gasteiger partial charge is 0.343 e. The Hall–Kier alpha value is -3.75. The van der Waals surface area contributed by atoms with Crippen LogP contribution in [0.25, 0.3) is 10.9 Å². The van der Waals surface area contributed by atoms with Crippen LogP contribution < -0.4 is 15.6 Å². The molecule has 1 heterocycles. The summed E-state index contributed by atoms with van der Waals surface area (Å²) in [7, 11) is 1.26. The Balaban J connectivity index is 1.66. The molecular weight excluding hydrogens is 369 g/mol. The number of rotatable bonds is 6. The van der Waals surface area contributed by atoms with Gasteiger partial charge in [0.1, 0.15) is 18.1 Å². The summed E-state index contributed by atoms with van der Waals surface area (Å²) < 4.78 is 24.1. The number of esters is 1. The first-order valence-electron chi connectivity index (χ1n) is 8.20. The van der Waals surface area contributed by atoms with Gasteiger partial charge in [-0.25, -0.2) is 14.2 Å². The maximum atomic E-state index is 13.4. The molecule has 144 valence electrons. The second-order valence-corrected chi connectivity index (χ2v) is 5.78. The normalized spacial score (nSPS) is 10.5. The van der Waals surface area contributed by atoms with Crippen LogP contribution in [0.5, 0.6) is 5.75 Å². The third-order valence-corrected chi connectivity index (χ3v) is 3.82. The molecule has 1 amide bonds. The lowest BCUT2D eigenvalue weighted by Gasteiger charge is -2.09. The number of carbonyl (C=O) groups excluding carboxylic acids is 2. The molecule has 0 saturated heterocycles. The van der Waals surface area contributed by atoms with Crippen molar-refractivity contribution in [1.29, 1.82) is 0 Å². The fraction of sp³-hybridized carbons (Fsp3) is 0.158. The number of nitrogens with zero attached hydrogens (tertiary/aromatic N) is 2. The summed E-state index contributed by atoms with van der Waals surface area (Å²) in [5.74, 6) is -1.09. The number of ether oxygens (including phenoxy) is 2. The number of halogens is 1. The summed E-state index contributed by atoms with van der Waals surface area (Å²) in [6, 6.07) is 10.0. The van der Waals surface area contributed by atoms with Gasteiger partial charge in [0.25, 0.3) is 5.56 Å². The van der Waals surface area contributed by atoms with Gasteiger partial charge < -0.3 is 14.8 Å². The van der Waals surface area contributed by atoms with Crippen LogP contribution >= 0.6 is 0 Å². The van der Waals surface area contributed by atoms with Crippen molar-refractivity contribution in [3.63, 3.8) is 0 Å². The Morgan fingerprint density at radius 3 is 2.64 bits per heavy atom. The number of aromatic nitrogens is 2. The van der Waals surface area contributed by atoms with Crippen molar-refractivity contribution < 1.29 is 23.5 Å². The fourth-order valence-corrected chi connectivity index (χ4v) is 2.43. The molecule has 3 rings (SSSR count). The van der Waals surface area contributed by atoms with E-state index in [-0.39, 0.29) is 18.5 Å². The van der Waals surface area contributed by atoms with Crippen molar-refractivity contribution in [3.05, 3.63) is 65.0 Å². The molecule has 0 fully saturated rings. The molecule has 1 aromatic heterocycles. The van der Waals surface area contributed by atoms with Crippen LogP contribution in [0.15, 0.2) is 53.6 Å². The zero-order valence-corrected chi connectivity index (χ0v) is 14.8. The van der Waals surface area contributed by atoms with Crippen LogP contribution in [0.2, 0.25) is 0 Å².